The largest absolute Gasteiger partial charge is 0.397 e. The van der Waals surface area contributed by atoms with Gasteiger partial charge in [-0.3, -0.25) is 4.79 Å². The highest BCUT2D eigenvalue weighted by Crippen LogP contribution is 2.32. The molecule has 1 aromatic carbocycles. The van der Waals surface area contributed by atoms with Gasteiger partial charge in [-0.05, 0) is 18.9 Å². The van der Waals surface area contributed by atoms with Crippen LogP contribution in [0.2, 0.25) is 5.02 Å². The molecule has 1 aromatic rings. The van der Waals surface area contributed by atoms with Crippen LogP contribution < -0.4 is 16.4 Å². The zero-order valence-corrected chi connectivity index (χ0v) is 10.6. The third-order valence-electron chi connectivity index (χ3n) is 3.23. The molecule has 0 radical (unpaired) electrons. The summed E-state index contributed by atoms with van der Waals surface area (Å²) in [6, 6.07) is 2.70. The number of carbonyl (C=O) groups excluding carboxylic acids is 1. The Labute approximate surface area is 110 Å². The minimum Gasteiger partial charge on any atom is -0.397 e. The van der Waals surface area contributed by atoms with E-state index < -0.39 is 5.82 Å². The molecule has 2 rings (SSSR count). The third-order valence-corrected chi connectivity index (χ3v) is 3.52. The standard InChI is InChI=1S/C12H15ClFN3O/c13-8-4-10(15)11(5-9(8)14)17-3-1-2-7(6-17)12(16)18/h4-5,7H,1-3,6,15H2,(H2,16,18). The van der Waals surface area contributed by atoms with Crippen molar-refractivity contribution in [2.24, 2.45) is 11.7 Å². The van der Waals surface area contributed by atoms with Crippen molar-refractivity contribution in [3.8, 4) is 0 Å². The lowest BCUT2D eigenvalue weighted by molar-refractivity contribution is -0.122. The van der Waals surface area contributed by atoms with Crippen LogP contribution in [0, 0.1) is 11.7 Å². The van der Waals surface area contributed by atoms with Gasteiger partial charge in [0.2, 0.25) is 5.91 Å². The molecule has 1 unspecified atom stereocenters. The Morgan fingerprint density at radius 3 is 2.89 bits per heavy atom. The number of rotatable bonds is 2. The Hall–Kier alpha value is -1.49. The molecule has 0 spiro atoms. The highest BCUT2D eigenvalue weighted by molar-refractivity contribution is 6.31. The Bertz CT molecular complexity index is 481. The number of anilines is 2. The van der Waals surface area contributed by atoms with Gasteiger partial charge in [0.25, 0.3) is 0 Å². The van der Waals surface area contributed by atoms with E-state index in [9.17, 15) is 9.18 Å². The molecule has 0 saturated carbocycles. The fraction of sp³-hybridized carbons (Fsp3) is 0.417. The number of hydrogen-bond acceptors (Lipinski definition) is 3. The van der Waals surface area contributed by atoms with Gasteiger partial charge in [-0.1, -0.05) is 11.6 Å². The number of piperidine rings is 1. The second-order valence-electron chi connectivity index (χ2n) is 4.51. The lowest BCUT2D eigenvalue weighted by Gasteiger charge is -2.33. The summed E-state index contributed by atoms with van der Waals surface area (Å²) < 4.78 is 13.5. The molecule has 4 N–H and O–H groups in total. The lowest BCUT2D eigenvalue weighted by Crippen LogP contribution is -2.41. The van der Waals surface area contributed by atoms with Gasteiger partial charge >= 0.3 is 0 Å². The fourth-order valence-corrected chi connectivity index (χ4v) is 2.43. The molecule has 1 atom stereocenters. The van der Waals surface area contributed by atoms with Crippen LogP contribution in [0.5, 0.6) is 0 Å². The van der Waals surface area contributed by atoms with Crippen molar-refractivity contribution >= 4 is 28.9 Å². The summed E-state index contributed by atoms with van der Waals surface area (Å²) in [6.45, 7) is 1.20. The van der Waals surface area contributed by atoms with E-state index in [0.29, 0.717) is 17.9 Å². The molecule has 18 heavy (non-hydrogen) atoms. The summed E-state index contributed by atoms with van der Waals surface area (Å²) in [5.41, 5.74) is 12.1. The van der Waals surface area contributed by atoms with Crippen molar-refractivity contribution in [3.05, 3.63) is 23.0 Å². The van der Waals surface area contributed by atoms with Gasteiger partial charge in [0, 0.05) is 19.2 Å². The van der Waals surface area contributed by atoms with Gasteiger partial charge in [0.1, 0.15) is 5.82 Å². The van der Waals surface area contributed by atoms with Crippen molar-refractivity contribution in [1.82, 2.24) is 0 Å². The van der Waals surface area contributed by atoms with E-state index in [2.05, 4.69) is 0 Å². The normalized spacial score (nSPS) is 19.9. The summed E-state index contributed by atoms with van der Waals surface area (Å²) in [7, 11) is 0. The van der Waals surface area contributed by atoms with Crippen LogP contribution in [0.15, 0.2) is 12.1 Å². The Balaban J connectivity index is 2.26. The summed E-state index contributed by atoms with van der Waals surface area (Å²) >= 11 is 5.66. The highest BCUT2D eigenvalue weighted by atomic mass is 35.5. The Morgan fingerprint density at radius 1 is 1.50 bits per heavy atom. The quantitative estimate of drug-likeness (QED) is 0.805. The SMILES string of the molecule is NC(=O)C1CCCN(c2cc(F)c(Cl)cc2N)C1. The second-order valence-corrected chi connectivity index (χ2v) is 4.92. The number of hydrogen-bond donors (Lipinski definition) is 2. The number of carbonyl (C=O) groups is 1. The number of nitrogens with two attached hydrogens (primary N) is 2. The van der Waals surface area contributed by atoms with Crippen molar-refractivity contribution in [2.45, 2.75) is 12.8 Å². The first-order valence-electron chi connectivity index (χ1n) is 5.78. The van der Waals surface area contributed by atoms with E-state index in [4.69, 9.17) is 23.1 Å². The minimum atomic E-state index is -0.512. The zero-order chi connectivity index (χ0) is 13.3. The number of primary amides is 1. The smallest absolute Gasteiger partial charge is 0.222 e. The summed E-state index contributed by atoms with van der Waals surface area (Å²) in [6.07, 6.45) is 1.60. The molecule has 1 aliphatic rings. The van der Waals surface area contributed by atoms with Crippen LogP contribution >= 0.6 is 11.6 Å². The predicted molar refractivity (Wildman–Crippen MR) is 70.0 cm³/mol. The molecule has 6 heteroatoms. The van der Waals surface area contributed by atoms with E-state index >= 15 is 0 Å². The molecular weight excluding hydrogens is 257 g/mol. The molecule has 1 saturated heterocycles. The van der Waals surface area contributed by atoms with Crippen molar-refractivity contribution in [2.75, 3.05) is 23.7 Å². The van der Waals surface area contributed by atoms with Crippen LogP contribution in [0.3, 0.4) is 0 Å². The van der Waals surface area contributed by atoms with Crippen LogP contribution in [-0.2, 0) is 4.79 Å². The molecule has 1 aliphatic heterocycles. The maximum atomic E-state index is 13.5. The fourth-order valence-electron chi connectivity index (χ4n) is 2.25. The van der Waals surface area contributed by atoms with Gasteiger partial charge in [-0.2, -0.15) is 0 Å². The first-order chi connectivity index (χ1) is 8.49. The van der Waals surface area contributed by atoms with Gasteiger partial charge in [-0.15, -0.1) is 0 Å². The molecule has 0 aromatic heterocycles. The van der Waals surface area contributed by atoms with E-state index in [1.807, 2.05) is 4.90 Å². The first kappa shape index (κ1) is 13.0. The van der Waals surface area contributed by atoms with Gasteiger partial charge in [-0.25, -0.2) is 4.39 Å². The second kappa shape index (κ2) is 5.02. The number of amides is 1. The van der Waals surface area contributed by atoms with Crippen molar-refractivity contribution < 1.29 is 9.18 Å². The van der Waals surface area contributed by atoms with E-state index in [0.717, 1.165) is 19.4 Å². The summed E-state index contributed by atoms with van der Waals surface area (Å²) in [5.74, 6) is -1.05. The number of halogens is 2. The maximum Gasteiger partial charge on any atom is 0.222 e. The first-order valence-corrected chi connectivity index (χ1v) is 6.15. The molecule has 0 bridgehead atoms. The molecular formula is C12H15ClFN3O. The Kier molecular flexibility index (Phi) is 3.61. The predicted octanol–water partition coefficient (Wildman–Crippen LogP) is 1.76. The van der Waals surface area contributed by atoms with Gasteiger partial charge < -0.3 is 16.4 Å². The van der Waals surface area contributed by atoms with E-state index in [1.54, 1.807) is 0 Å². The number of nitrogens with zero attached hydrogens (tertiary/aromatic N) is 1. The number of benzene rings is 1. The van der Waals surface area contributed by atoms with Gasteiger partial charge in [0.05, 0.1) is 22.3 Å². The topological polar surface area (TPSA) is 72.4 Å². The van der Waals surface area contributed by atoms with E-state index in [1.165, 1.54) is 12.1 Å². The summed E-state index contributed by atoms with van der Waals surface area (Å²) in [4.78, 5) is 13.1. The van der Waals surface area contributed by atoms with Crippen LogP contribution in [0.1, 0.15) is 12.8 Å². The van der Waals surface area contributed by atoms with Crippen molar-refractivity contribution in [3.63, 3.8) is 0 Å². The average Bonchev–Trinajstić information content (AvgIpc) is 2.34. The number of nitrogen functional groups attached to an aromatic ring is 1. The maximum absolute atomic E-state index is 13.5. The average molecular weight is 272 g/mol. The highest BCUT2D eigenvalue weighted by Gasteiger charge is 2.25. The molecule has 98 valence electrons. The monoisotopic (exact) mass is 271 g/mol. The molecule has 0 aliphatic carbocycles. The molecule has 1 fully saturated rings. The van der Waals surface area contributed by atoms with Gasteiger partial charge in [0.15, 0.2) is 0 Å². The van der Waals surface area contributed by atoms with E-state index in [-0.39, 0.29) is 16.8 Å². The molecule has 1 heterocycles. The molecule has 1 amide bonds. The lowest BCUT2D eigenvalue weighted by atomic mass is 9.97. The van der Waals surface area contributed by atoms with Crippen LogP contribution in [0.4, 0.5) is 15.8 Å². The summed E-state index contributed by atoms with van der Waals surface area (Å²) in [5, 5.41) is -0.000268. The van der Waals surface area contributed by atoms with Crippen LogP contribution in [0.25, 0.3) is 0 Å². The van der Waals surface area contributed by atoms with Crippen LogP contribution in [-0.4, -0.2) is 19.0 Å². The Morgan fingerprint density at radius 2 is 2.22 bits per heavy atom. The molecule has 4 nitrogen and oxygen atoms in total. The minimum absolute atomic E-state index is 0.000268. The van der Waals surface area contributed by atoms with Crippen molar-refractivity contribution in [1.29, 1.82) is 0 Å². The third kappa shape index (κ3) is 2.51. The zero-order valence-electron chi connectivity index (χ0n) is 9.83.